The van der Waals surface area contributed by atoms with Gasteiger partial charge in [0.1, 0.15) is 30.4 Å². The molecule has 1 aliphatic rings. The molecule has 0 saturated carbocycles. The molecule has 0 radical (unpaired) electrons. The minimum Gasteiger partial charge on any atom is -0.394 e. The van der Waals surface area contributed by atoms with Gasteiger partial charge in [-0.1, -0.05) is 0 Å². The first kappa shape index (κ1) is 23.2. The number of nitrogens with one attached hydrogen (secondary N) is 3. The number of nitrogens with two attached hydrogens (primary N) is 1. The molecule has 1 heterocycles. The standard InChI is InChI=1S/C15H28N4O8/c1-6(10(18-7(2)21)14(25)17-5-16)26-15-11(19-8(3)22)13(24)12(23)9(4-20)27-15/h6,9-13,15,20,23-24H,4-5,16H2,1-3H3,(H,17,25)(H,18,21)(H,19,22)/t6-,9?,10+,11?,12-,13?,15-/m1/s1. The number of amides is 3. The lowest BCUT2D eigenvalue weighted by Gasteiger charge is -2.43. The molecule has 12 nitrogen and oxygen atoms in total. The van der Waals surface area contributed by atoms with Gasteiger partial charge in [0.2, 0.25) is 17.7 Å². The topological polar surface area (TPSA) is 192 Å². The molecule has 0 bridgehead atoms. The molecule has 7 atom stereocenters. The summed E-state index contributed by atoms with van der Waals surface area (Å²) in [5, 5.41) is 36.7. The van der Waals surface area contributed by atoms with Crippen LogP contribution in [0.5, 0.6) is 0 Å². The van der Waals surface area contributed by atoms with E-state index in [1.54, 1.807) is 0 Å². The highest BCUT2D eigenvalue weighted by molar-refractivity contribution is 5.87. The van der Waals surface area contributed by atoms with E-state index in [4.69, 9.17) is 15.2 Å². The van der Waals surface area contributed by atoms with Crippen LogP contribution in [0.1, 0.15) is 20.8 Å². The summed E-state index contributed by atoms with van der Waals surface area (Å²) in [5.74, 6) is -1.61. The van der Waals surface area contributed by atoms with Crippen LogP contribution in [-0.4, -0.2) is 89.1 Å². The number of aliphatic hydroxyl groups is 3. The highest BCUT2D eigenvalue weighted by Gasteiger charge is 2.46. The maximum atomic E-state index is 12.1. The van der Waals surface area contributed by atoms with Crippen molar-refractivity contribution in [2.75, 3.05) is 13.3 Å². The molecule has 12 heteroatoms. The predicted molar refractivity (Wildman–Crippen MR) is 90.7 cm³/mol. The van der Waals surface area contributed by atoms with Gasteiger partial charge in [-0.3, -0.25) is 14.4 Å². The van der Waals surface area contributed by atoms with E-state index in [1.807, 2.05) is 0 Å². The molecular formula is C15H28N4O8. The van der Waals surface area contributed by atoms with Gasteiger partial charge in [0.15, 0.2) is 6.29 Å². The van der Waals surface area contributed by atoms with Crippen LogP contribution in [0.15, 0.2) is 0 Å². The molecule has 156 valence electrons. The average Bonchev–Trinajstić information content (AvgIpc) is 2.58. The van der Waals surface area contributed by atoms with Gasteiger partial charge in [-0.2, -0.15) is 0 Å². The van der Waals surface area contributed by atoms with Crippen molar-refractivity contribution in [1.82, 2.24) is 16.0 Å². The minimum absolute atomic E-state index is 0.159. The highest BCUT2D eigenvalue weighted by atomic mass is 16.7. The second-order valence-electron chi connectivity index (χ2n) is 6.20. The van der Waals surface area contributed by atoms with Crippen LogP contribution in [0.25, 0.3) is 0 Å². The van der Waals surface area contributed by atoms with Gasteiger partial charge in [0.05, 0.1) is 19.4 Å². The third-order valence-corrected chi connectivity index (χ3v) is 3.99. The third-order valence-electron chi connectivity index (χ3n) is 3.99. The number of rotatable bonds is 8. The van der Waals surface area contributed by atoms with Crippen molar-refractivity contribution >= 4 is 17.7 Å². The molecule has 1 aliphatic heterocycles. The summed E-state index contributed by atoms with van der Waals surface area (Å²) in [6, 6.07) is -2.30. The van der Waals surface area contributed by atoms with Crippen LogP contribution in [-0.2, 0) is 23.9 Å². The average molecular weight is 392 g/mol. The summed E-state index contributed by atoms with van der Waals surface area (Å²) >= 11 is 0. The quantitative estimate of drug-likeness (QED) is 0.201. The summed E-state index contributed by atoms with van der Waals surface area (Å²) in [6.07, 6.45) is -6.40. The molecule has 1 fully saturated rings. The van der Waals surface area contributed by atoms with E-state index in [0.29, 0.717) is 0 Å². The summed E-state index contributed by atoms with van der Waals surface area (Å²) in [4.78, 5) is 34.9. The molecule has 3 amide bonds. The van der Waals surface area contributed by atoms with Gasteiger partial charge < -0.3 is 46.5 Å². The van der Waals surface area contributed by atoms with E-state index in [9.17, 15) is 29.7 Å². The predicted octanol–water partition coefficient (Wildman–Crippen LogP) is -4.13. The van der Waals surface area contributed by atoms with E-state index in [1.165, 1.54) is 20.8 Å². The second-order valence-corrected chi connectivity index (χ2v) is 6.20. The van der Waals surface area contributed by atoms with Crippen molar-refractivity contribution in [3.8, 4) is 0 Å². The Hall–Kier alpha value is -1.83. The van der Waals surface area contributed by atoms with E-state index in [0.717, 1.165) is 0 Å². The van der Waals surface area contributed by atoms with Crippen LogP contribution in [0, 0.1) is 0 Å². The molecule has 3 unspecified atom stereocenters. The largest absolute Gasteiger partial charge is 0.394 e. The molecule has 1 rings (SSSR count). The minimum atomic E-state index is -1.49. The first-order chi connectivity index (χ1) is 12.6. The van der Waals surface area contributed by atoms with Crippen LogP contribution < -0.4 is 21.7 Å². The van der Waals surface area contributed by atoms with Gasteiger partial charge >= 0.3 is 0 Å². The first-order valence-electron chi connectivity index (χ1n) is 8.42. The zero-order chi connectivity index (χ0) is 20.7. The van der Waals surface area contributed by atoms with Crippen molar-refractivity contribution in [3.63, 3.8) is 0 Å². The molecule has 8 N–H and O–H groups in total. The maximum Gasteiger partial charge on any atom is 0.246 e. The SMILES string of the molecule is CC(=O)NC1C(O)[C@H](O)C(CO)O[C@H]1O[C@H](C)[C@H](NC(C)=O)C(=O)NCN. The maximum absolute atomic E-state index is 12.1. The van der Waals surface area contributed by atoms with Gasteiger partial charge in [-0.25, -0.2) is 0 Å². The summed E-state index contributed by atoms with van der Waals surface area (Å²) < 4.78 is 11.1. The molecule has 0 aromatic heterocycles. The van der Waals surface area contributed by atoms with E-state index >= 15 is 0 Å². The van der Waals surface area contributed by atoms with Crippen LogP contribution in [0.3, 0.4) is 0 Å². The Labute approximate surface area is 156 Å². The Morgan fingerprint density at radius 2 is 1.81 bits per heavy atom. The number of aliphatic hydroxyl groups excluding tert-OH is 3. The highest BCUT2D eigenvalue weighted by Crippen LogP contribution is 2.23. The Morgan fingerprint density at radius 1 is 1.19 bits per heavy atom. The second kappa shape index (κ2) is 10.5. The fourth-order valence-electron chi connectivity index (χ4n) is 2.70. The smallest absolute Gasteiger partial charge is 0.246 e. The Balaban J connectivity index is 3.00. The molecule has 27 heavy (non-hydrogen) atoms. The lowest BCUT2D eigenvalue weighted by molar-refractivity contribution is -0.281. The van der Waals surface area contributed by atoms with Crippen LogP contribution >= 0.6 is 0 Å². The van der Waals surface area contributed by atoms with E-state index in [2.05, 4.69) is 16.0 Å². The zero-order valence-electron chi connectivity index (χ0n) is 15.4. The number of ether oxygens (including phenoxy) is 2. The van der Waals surface area contributed by atoms with Gasteiger partial charge in [0.25, 0.3) is 0 Å². The number of hydrogen-bond donors (Lipinski definition) is 7. The normalized spacial score (nSPS) is 30.1. The Bertz CT molecular complexity index is 534. The van der Waals surface area contributed by atoms with Crippen LogP contribution in [0.4, 0.5) is 0 Å². The lowest BCUT2D eigenvalue weighted by Crippen LogP contribution is -2.66. The lowest BCUT2D eigenvalue weighted by atomic mass is 9.96. The molecular weight excluding hydrogens is 364 g/mol. The van der Waals surface area contributed by atoms with Gasteiger partial charge in [-0.15, -0.1) is 0 Å². The van der Waals surface area contributed by atoms with Crippen molar-refractivity contribution in [1.29, 1.82) is 0 Å². The molecule has 0 aliphatic carbocycles. The Morgan fingerprint density at radius 3 is 2.30 bits per heavy atom. The van der Waals surface area contributed by atoms with Crippen molar-refractivity contribution in [3.05, 3.63) is 0 Å². The van der Waals surface area contributed by atoms with E-state index in [-0.39, 0.29) is 6.67 Å². The first-order valence-corrected chi connectivity index (χ1v) is 8.42. The van der Waals surface area contributed by atoms with Gasteiger partial charge in [-0.05, 0) is 6.92 Å². The van der Waals surface area contributed by atoms with Crippen molar-refractivity contribution in [2.45, 2.75) is 63.6 Å². The zero-order valence-corrected chi connectivity index (χ0v) is 15.4. The molecule has 0 spiro atoms. The number of carbonyl (C=O) groups excluding carboxylic acids is 3. The monoisotopic (exact) mass is 392 g/mol. The van der Waals surface area contributed by atoms with Crippen molar-refractivity contribution in [2.24, 2.45) is 5.73 Å². The number of hydrogen-bond acceptors (Lipinski definition) is 9. The molecule has 1 saturated heterocycles. The fourth-order valence-corrected chi connectivity index (χ4v) is 2.70. The van der Waals surface area contributed by atoms with Crippen LogP contribution in [0.2, 0.25) is 0 Å². The summed E-state index contributed by atoms with van der Waals surface area (Å²) in [6.45, 7) is 3.12. The van der Waals surface area contributed by atoms with Gasteiger partial charge in [0, 0.05) is 13.8 Å². The summed E-state index contributed by atoms with van der Waals surface area (Å²) in [5.41, 5.74) is 5.28. The number of carbonyl (C=O) groups is 3. The third kappa shape index (κ3) is 6.37. The molecule has 0 aromatic rings. The van der Waals surface area contributed by atoms with Crippen molar-refractivity contribution < 1.29 is 39.2 Å². The van der Waals surface area contributed by atoms with E-state index < -0.39 is 67.1 Å². The summed E-state index contributed by atoms with van der Waals surface area (Å²) in [7, 11) is 0. The Kier molecular flexibility index (Phi) is 9.02. The molecule has 0 aromatic carbocycles. The fraction of sp³-hybridized carbons (Fsp3) is 0.800.